The van der Waals surface area contributed by atoms with Gasteiger partial charge >= 0.3 is 0 Å². The molecule has 0 radical (unpaired) electrons. The summed E-state index contributed by atoms with van der Waals surface area (Å²) in [6, 6.07) is 101. The van der Waals surface area contributed by atoms with Gasteiger partial charge < -0.3 is 36.7 Å². The number of halogens is 2. The molecule has 26 heteroatoms. The molecular weight excluding hydrogens is 1610 g/mol. The van der Waals surface area contributed by atoms with Crippen LogP contribution in [0, 0.1) is 61.2 Å². The van der Waals surface area contributed by atoms with Gasteiger partial charge in [-0.15, -0.1) is 6.58 Å². The maximum atomic E-state index is 12.1. The molecule has 0 aliphatic carbocycles. The van der Waals surface area contributed by atoms with E-state index < -0.39 is 43.1 Å². The van der Waals surface area contributed by atoms with Gasteiger partial charge in [0.25, 0.3) is 47.7 Å². The highest BCUT2D eigenvalue weighted by atomic mass is 35.5. The van der Waals surface area contributed by atoms with Crippen molar-refractivity contribution in [3.8, 4) is 23.0 Å². The van der Waals surface area contributed by atoms with Crippen LogP contribution in [0.1, 0.15) is 38.9 Å². The Bertz CT molecular complexity index is 5370. The Morgan fingerprint density at radius 2 is 0.605 bits per heavy atom. The van der Waals surface area contributed by atoms with Crippen LogP contribution in [0.25, 0.3) is 0 Å². The molecule has 0 N–H and O–H groups in total. The van der Waals surface area contributed by atoms with E-state index in [-0.39, 0.29) is 91.9 Å². The highest BCUT2D eigenvalue weighted by molar-refractivity contribution is 7.07. The van der Waals surface area contributed by atoms with Crippen molar-refractivity contribution in [3.05, 3.63) is 417 Å². The van der Waals surface area contributed by atoms with Crippen molar-refractivity contribution in [2.24, 2.45) is 0 Å². The van der Waals surface area contributed by atoms with Crippen LogP contribution < -0.4 is 65.6 Å². The van der Waals surface area contributed by atoms with Crippen LogP contribution in [0.3, 0.4) is 0 Å². The Morgan fingerprint density at radius 3 is 0.958 bits per heavy atom. The number of nitrogens with zero attached hydrogens (tertiary/aromatic N) is 4. The van der Waals surface area contributed by atoms with Gasteiger partial charge in [0.1, 0.15) is 11.3 Å². The van der Waals surface area contributed by atoms with Crippen molar-refractivity contribution in [2.75, 3.05) is 28.4 Å². The minimum atomic E-state index is -3.10. The zero-order valence-electron chi connectivity index (χ0n) is 67.2. The van der Waals surface area contributed by atoms with Crippen LogP contribution in [0.15, 0.2) is 328 Å². The average Bonchev–Trinajstić information content (AvgIpc) is 0.756. The van der Waals surface area contributed by atoms with Gasteiger partial charge in [0.2, 0.25) is 14.1 Å². The summed E-state index contributed by atoms with van der Waals surface area (Å²) in [6.07, 6.45) is 0. The molecule has 13 aromatic carbocycles. The van der Waals surface area contributed by atoms with E-state index in [0.717, 1.165) is 63.4 Å². The standard InChI is InChI=1S/C28H27NO6Si.C27H25NO3Si.C22H23NO4Si.C16H15Cl2NO3Si/c1-32-26-19-25(29(30)31)24(27(33-2)28(26)34-3)20-35-36(21-13-7-4-8-14-21,22-15-9-5-10-16-22)23-17-11-6-12-18-23;1-21-18-23(27(28(29)30)19-22(21)2)20-31-32(24-12-6-3-7-13-24,25-14-8-4-9-15-25)26-16-10-5-11-17-26;1-17-14-18(21(23(24)25)15-22(17)26-2)16-27-28(3,19-10-6-4-7-11-19)20-12-8-5-9-13-20;1-3-23(2,13-7-5-4-6-8-13)22-11-12-9-14(17)15(18)10-16(12)19(20)21/h4-19H,20H2,1-3H3;3-19H,20H2,1-2H3;4-15H,16H2,1-3H3;3-10H,1,11H2,2H3. The average molecular weight is 1700 g/mol. The molecule has 608 valence electrons. The molecule has 1 unspecified atom stereocenters. The first-order valence-electron chi connectivity index (χ1n) is 37.8. The van der Waals surface area contributed by atoms with Gasteiger partial charge in [-0.25, -0.2) is 0 Å². The van der Waals surface area contributed by atoms with Crippen LogP contribution >= 0.6 is 23.2 Å². The number of hydrogen-bond donors (Lipinski definition) is 0. The number of rotatable bonds is 30. The largest absolute Gasteiger partial charge is 0.496 e. The summed E-state index contributed by atoms with van der Waals surface area (Å²) in [5.74, 6) is 1.19. The van der Waals surface area contributed by atoms with E-state index in [2.05, 4.69) is 73.8 Å². The molecule has 13 rings (SSSR count). The second-order valence-corrected chi connectivity index (χ2v) is 42.3. The zero-order valence-corrected chi connectivity index (χ0v) is 72.7. The van der Waals surface area contributed by atoms with Gasteiger partial charge in [-0.1, -0.05) is 302 Å². The van der Waals surface area contributed by atoms with Crippen molar-refractivity contribution >= 4 is 126 Å². The normalized spacial score (nSPS) is 11.6. The van der Waals surface area contributed by atoms with Gasteiger partial charge in [0.05, 0.1) is 113 Å². The fraction of sp³-hybridized carbons (Fsp3) is 0.140. The predicted molar refractivity (Wildman–Crippen MR) is 482 cm³/mol. The van der Waals surface area contributed by atoms with Crippen molar-refractivity contribution in [1.82, 2.24) is 0 Å². The summed E-state index contributed by atoms with van der Waals surface area (Å²) in [7, 11) is -5.11. The highest BCUT2D eigenvalue weighted by Crippen LogP contribution is 2.46. The van der Waals surface area contributed by atoms with Crippen LogP contribution in [0.4, 0.5) is 22.7 Å². The van der Waals surface area contributed by atoms with Gasteiger partial charge in [0, 0.05) is 12.1 Å². The molecule has 119 heavy (non-hydrogen) atoms. The SMILES string of the molecule is C=C[Si](C)(OCc1cc(Cl)c(Cl)cc1[N+](=O)[O-])c1ccccc1.COc1cc([N+](=O)[O-])c(CO[Si](C)(c2ccccc2)c2ccccc2)cc1C.COc1cc([N+](=O)[O-])c(CO[Si](c2ccccc2)(c2ccccc2)c2ccccc2)c(OC)c1OC.Cc1cc(CO[Si](c2ccccc2)(c2ccccc2)c2ccccc2)c([N+](=O)[O-])cc1C. The quantitative estimate of drug-likeness (QED) is 0.0176. The Balaban J connectivity index is 0.000000169. The lowest BCUT2D eigenvalue weighted by Gasteiger charge is -2.33. The number of aryl methyl sites for hydroxylation is 3. The number of hydrogen-bond acceptors (Lipinski definition) is 16. The van der Waals surface area contributed by atoms with Crippen LogP contribution in [-0.4, -0.2) is 81.4 Å². The van der Waals surface area contributed by atoms with Crippen molar-refractivity contribution in [2.45, 2.75) is 60.3 Å². The van der Waals surface area contributed by atoms with Crippen LogP contribution in [0.5, 0.6) is 23.0 Å². The fourth-order valence-electron chi connectivity index (χ4n) is 14.0. The Labute approximate surface area is 706 Å². The molecule has 0 aliphatic heterocycles. The number of nitro groups is 4. The summed E-state index contributed by atoms with van der Waals surface area (Å²) < 4.78 is 48.1. The molecule has 0 saturated carbocycles. The summed E-state index contributed by atoms with van der Waals surface area (Å²) in [6.45, 7) is 14.0. The molecule has 0 spiro atoms. The van der Waals surface area contributed by atoms with Gasteiger partial charge in [-0.3, -0.25) is 40.5 Å². The summed E-state index contributed by atoms with van der Waals surface area (Å²) >= 11 is 11.8. The highest BCUT2D eigenvalue weighted by Gasteiger charge is 2.45. The van der Waals surface area contributed by atoms with Crippen molar-refractivity contribution < 1.29 is 56.3 Å². The maximum Gasteiger partial charge on any atom is 0.288 e. The molecule has 0 bridgehead atoms. The van der Waals surface area contributed by atoms with Crippen molar-refractivity contribution in [1.29, 1.82) is 0 Å². The van der Waals surface area contributed by atoms with Crippen molar-refractivity contribution in [3.63, 3.8) is 0 Å². The lowest BCUT2D eigenvalue weighted by Crippen LogP contribution is -2.69. The summed E-state index contributed by atoms with van der Waals surface area (Å²) in [4.78, 5) is 45.0. The molecule has 0 amide bonds. The van der Waals surface area contributed by atoms with Gasteiger partial charge in [0.15, 0.2) is 11.5 Å². The smallest absolute Gasteiger partial charge is 0.288 e. The Kier molecular flexibility index (Phi) is 31.2. The first-order chi connectivity index (χ1) is 57.4. The number of nitro benzene ring substituents is 4. The summed E-state index contributed by atoms with van der Waals surface area (Å²) in [5.41, 5.74) is 6.21. The first-order valence-corrected chi connectivity index (χ1v) is 47.2. The molecule has 0 aliphatic rings. The molecule has 0 fully saturated rings. The molecule has 0 heterocycles. The number of ether oxygens (including phenoxy) is 4. The molecule has 0 aromatic heterocycles. The monoisotopic (exact) mass is 1700 g/mol. The van der Waals surface area contributed by atoms with E-state index in [4.69, 9.17) is 59.9 Å². The van der Waals surface area contributed by atoms with E-state index in [1.54, 1.807) is 17.8 Å². The van der Waals surface area contributed by atoms with Gasteiger partial charge in [-0.2, -0.15) is 0 Å². The van der Waals surface area contributed by atoms with E-state index in [1.807, 2.05) is 246 Å². The van der Waals surface area contributed by atoms with Gasteiger partial charge in [-0.05, 0) is 115 Å². The third-order valence-electron chi connectivity index (χ3n) is 20.5. The molecule has 0 saturated heterocycles. The molecule has 1 atom stereocenters. The molecular formula is C93H90Cl2N4O16Si4. The third-order valence-corrected chi connectivity index (χ3v) is 35.8. The second-order valence-electron chi connectivity index (χ2n) is 27.7. The number of benzene rings is 13. The summed E-state index contributed by atoms with van der Waals surface area (Å²) in [5, 5.41) is 56.7. The zero-order chi connectivity index (χ0) is 85.3. The molecule has 13 aromatic rings. The predicted octanol–water partition coefficient (Wildman–Crippen LogP) is 16.6. The first kappa shape index (κ1) is 89.0. The van der Waals surface area contributed by atoms with E-state index in [9.17, 15) is 40.5 Å². The topological polar surface area (TPSA) is 246 Å². The lowest BCUT2D eigenvalue weighted by molar-refractivity contribution is -0.386. The van der Waals surface area contributed by atoms with E-state index in [1.165, 1.54) is 52.7 Å². The Morgan fingerprint density at radius 1 is 0.319 bits per heavy atom. The van der Waals surface area contributed by atoms with E-state index in [0.29, 0.717) is 22.4 Å². The minimum absolute atomic E-state index is 0.0138. The lowest BCUT2D eigenvalue weighted by atomic mass is 10.0. The number of methoxy groups -OCH3 is 4. The molecule has 20 nitrogen and oxygen atoms in total. The fourth-order valence-corrected chi connectivity index (χ4v) is 26.6. The second kappa shape index (κ2) is 41.7. The Hall–Kier alpha value is -12.3. The third kappa shape index (κ3) is 21.0. The minimum Gasteiger partial charge on any atom is -0.496 e. The van der Waals surface area contributed by atoms with E-state index >= 15 is 0 Å². The van der Waals surface area contributed by atoms with Crippen LogP contribution in [-0.2, 0) is 44.1 Å². The maximum absolute atomic E-state index is 12.1. The van der Waals surface area contributed by atoms with Crippen LogP contribution in [0.2, 0.25) is 23.1 Å².